The summed E-state index contributed by atoms with van der Waals surface area (Å²) in [5.41, 5.74) is 1.64. The number of phenolic OH excluding ortho intramolecular Hbond substituents is 1. The Morgan fingerprint density at radius 3 is 2.46 bits per heavy atom. The van der Waals surface area contributed by atoms with Gasteiger partial charge in [0.2, 0.25) is 0 Å². The molecule has 3 rings (SSSR count). The fourth-order valence-electron chi connectivity index (χ4n) is 3.15. The van der Waals surface area contributed by atoms with Crippen LogP contribution in [0.1, 0.15) is 16.2 Å². The molecule has 9 nitrogen and oxygen atoms in total. The van der Waals surface area contributed by atoms with Crippen LogP contribution in [0.2, 0.25) is 0 Å². The molecule has 1 saturated heterocycles. The number of carbonyl (C=O) groups excluding carboxylic acids is 3. The van der Waals surface area contributed by atoms with Crippen LogP contribution < -0.4 is 10.2 Å². The summed E-state index contributed by atoms with van der Waals surface area (Å²) in [6.07, 6.45) is 0. The quantitative estimate of drug-likeness (QED) is 0.538. The Bertz CT molecular complexity index is 899. The predicted octanol–water partition coefficient (Wildman–Crippen LogP) is 1.10. The largest absolute Gasteiger partial charge is 0.506 e. The van der Waals surface area contributed by atoms with Crippen molar-refractivity contribution >= 4 is 29.2 Å². The van der Waals surface area contributed by atoms with E-state index in [4.69, 9.17) is 0 Å². The van der Waals surface area contributed by atoms with Crippen molar-refractivity contribution in [1.82, 2.24) is 9.88 Å². The Hall–Kier alpha value is -3.49. The number of nitrogens with zero attached hydrogens (tertiary/aromatic N) is 2. The van der Waals surface area contributed by atoms with Crippen molar-refractivity contribution in [3.05, 3.63) is 41.7 Å². The Kier molecular flexibility index (Phi) is 5.53. The Labute approximate surface area is 161 Å². The molecule has 1 aromatic carbocycles. The van der Waals surface area contributed by atoms with Gasteiger partial charge in [-0.1, -0.05) is 12.1 Å². The standard InChI is InChI=1S/C19H22N4O5/c1-12-11-13(16(20-12)19(27)28-2)21-17(25)18(26)23-9-7-22(8-10-23)14-5-3-4-6-15(14)24/h3-6,11,20,24H,7-10H2,1-2H3,(H,21,25). The summed E-state index contributed by atoms with van der Waals surface area (Å²) < 4.78 is 4.67. The fourth-order valence-corrected chi connectivity index (χ4v) is 3.15. The van der Waals surface area contributed by atoms with E-state index < -0.39 is 17.8 Å². The highest BCUT2D eigenvalue weighted by Gasteiger charge is 2.28. The number of ether oxygens (including phenoxy) is 1. The topological polar surface area (TPSA) is 115 Å². The lowest BCUT2D eigenvalue weighted by molar-refractivity contribution is -0.143. The molecular formula is C19H22N4O5. The number of amides is 2. The Balaban J connectivity index is 1.62. The van der Waals surface area contributed by atoms with Crippen LogP contribution in [0.15, 0.2) is 30.3 Å². The normalized spacial score (nSPS) is 13.9. The number of hydrogen-bond acceptors (Lipinski definition) is 6. The van der Waals surface area contributed by atoms with E-state index in [-0.39, 0.29) is 17.1 Å². The van der Waals surface area contributed by atoms with Crippen LogP contribution >= 0.6 is 0 Å². The minimum Gasteiger partial charge on any atom is -0.506 e. The van der Waals surface area contributed by atoms with Crippen molar-refractivity contribution < 1.29 is 24.2 Å². The molecule has 0 bridgehead atoms. The monoisotopic (exact) mass is 386 g/mol. The summed E-state index contributed by atoms with van der Waals surface area (Å²) in [6.45, 7) is 3.40. The zero-order valence-corrected chi connectivity index (χ0v) is 15.7. The van der Waals surface area contributed by atoms with Crippen molar-refractivity contribution in [2.75, 3.05) is 43.5 Å². The zero-order chi connectivity index (χ0) is 20.3. The molecule has 0 spiro atoms. The van der Waals surface area contributed by atoms with Crippen LogP contribution in [0.4, 0.5) is 11.4 Å². The fraction of sp³-hybridized carbons (Fsp3) is 0.316. The average Bonchev–Trinajstić information content (AvgIpc) is 3.07. The van der Waals surface area contributed by atoms with Gasteiger partial charge < -0.3 is 29.9 Å². The van der Waals surface area contributed by atoms with Crippen LogP contribution in [0.3, 0.4) is 0 Å². The molecule has 9 heteroatoms. The SMILES string of the molecule is COC(=O)c1[nH]c(C)cc1NC(=O)C(=O)N1CCN(c2ccccc2O)CC1. The maximum absolute atomic E-state index is 12.5. The van der Waals surface area contributed by atoms with E-state index in [1.165, 1.54) is 12.0 Å². The molecule has 3 N–H and O–H groups in total. The first-order valence-electron chi connectivity index (χ1n) is 8.82. The number of hydrogen-bond donors (Lipinski definition) is 3. The number of rotatable bonds is 3. The van der Waals surface area contributed by atoms with Crippen molar-refractivity contribution in [2.24, 2.45) is 0 Å². The summed E-state index contributed by atoms with van der Waals surface area (Å²) in [5, 5.41) is 12.4. The second kappa shape index (κ2) is 8.03. The molecule has 1 fully saturated rings. The van der Waals surface area contributed by atoms with Crippen LogP contribution in [-0.2, 0) is 14.3 Å². The van der Waals surface area contributed by atoms with Crippen LogP contribution in [0.25, 0.3) is 0 Å². The lowest BCUT2D eigenvalue weighted by atomic mass is 10.2. The van der Waals surface area contributed by atoms with Gasteiger partial charge in [0.15, 0.2) is 0 Å². The third kappa shape index (κ3) is 3.93. The summed E-state index contributed by atoms with van der Waals surface area (Å²) >= 11 is 0. The van der Waals surface area contributed by atoms with E-state index in [1.54, 1.807) is 25.1 Å². The van der Waals surface area contributed by atoms with Gasteiger partial charge in [0.25, 0.3) is 0 Å². The molecule has 2 heterocycles. The predicted molar refractivity (Wildman–Crippen MR) is 102 cm³/mol. The Morgan fingerprint density at radius 1 is 1.14 bits per heavy atom. The van der Waals surface area contributed by atoms with E-state index in [0.717, 1.165) is 0 Å². The van der Waals surface area contributed by atoms with Crippen molar-refractivity contribution in [3.63, 3.8) is 0 Å². The third-order valence-corrected chi connectivity index (χ3v) is 4.57. The molecule has 0 unspecified atom stereocenters. The molecule has 2 aromatic rings. The molecule has 1 aliphatic heterocycles. The second-order valence-electron chi connectivity index (χ2n) is 6.45. The van der Waals surface area contributed by atoms with Crippen LogP contribution in [0, 0.1) is 6.92 Å². The number of piperazine rings is 1. The van der Waals surface area contributed by atoms with Gasteiger partial charge in [-0.3, -0.25) is 9.59 Å². The number of aromatic hydroxyl groups is 1. The molecule has 0 saturated carbocycles. The lowest BCUT2D eigenvalue weighted by Crippen LogP contribution is -2.51. The molecule has 0 atom stereocenters. The van der Waals surface area contributed by atoms with Gasteiger partial charge in [0, 0.05) is 31.9 Å². The highest BCUT2D eigenvalue weighted by molar-refractivity contribution is 6.39. The van der Waals surface area contributed by atoms with Gasteiger partial charge in [-0.2, -0.15) is 0 Å². The number of benzene rings is 1. The number of aromatic nitrogens is 1. The maximum Gasteiger partial charge on any atom is 0.356 e. The third-order valence-electron chi connectivity index (χ3n) is 4.57. The van der Waals surface area contributed by atoms with Crippen LogP contribution in [-0.4, -0.2) is 66.1 Å². The van der Waals surface area contributed by atoms with Gasteiger partial charge in [-0.05, 0) is 25.1 Å². The number of para-hydroxylation sites is 2. The molecule has 0 radical (unpaired) electrons. The molecule has 2 amide bonds. The summed E-state index contributed by atoms with van der Waals surface area (Å²) in [4.78, 5) is 42.8. The minimum atomic E-state index is -0.819. The van der Waals surface area contributed by atoms with Crippen molar-refractivity contribution in [3.8, 4) is 5.75 Å². The van der Waals surface area contributed by atoms with Gasteiger partial charge >= 0.3 is 17.8 Å². The Morgan fingerprint density at radius 2 is 1.82 bits per heavy atom. The number of anilines is 2. The van der Waals surface area contributed by atoms with Gasteiger partial charge in [-0.25, -0.2) is 4.79 Å². The van der Waals surface area contributed by atoms with Gasteiger partial charge in [-0.15, -0.1) is 0 Å². The van der Waals surface area contributed by atoms with E-state index in [2.05, 4.69) is 15.0 Å². The number of phenols is 1. The van der Waals surface area contributed by atoms with E-state index in [1.807, 2.05) is 17.0 Å². The number of H-pyrrole nitrogens is 1. The summed E-state index contributed by atoms with van der Waals surface area (Å²) in [6, 6.07) is 8.56. The number of carbonyl (C=O) groups is 3. The van der Waals surface area contributed by atoms with Crippen LogP contribution in [0.5, 0.6) is 5.75 Å². The second-order valence-corrected chi connectivity index (χ2v) is 6.45. The number of aromatic amines is 1. The van der Waals surface area contributed by atoms with Crippen molar-refractivity contribution in [1.29, 1.82) is 0 Å². The number of aryl methyl sites for hydroxylation is 1. The highest BCUT2D eigenvalue weighted by Crippen LogP contribution is 2.27. The van der Waals surface area contributed by atoms with Gasteiger partial charge in [0.1, 0.15) is 11.4 Å². The first-order chi connectivity index (χ1) is 13.4. The van der Waals surface area contributed by atoms with E-state index in [0.29, 0.717) is 37.6 Å². The minimum absolute atomic E-state index is 0.0884. The van der Waals surface area contributed by atoms with Gasteiger partial charge in [0.05, 0.1) is 18.5 Å². The molecular weight excluding hydrogens is 364 g/mol. The van der Waals surface area contributed by atoms with E-state index in [9.17, 15) is 19.5 Å². The summed E-state index contributed by atoms with van der Waals surface area (Å²) in [5.74, 6) is -1.95. The number of nitrogens with one attached hydrogen (secondary N) is 2. The van der Waals surface area contributed by atoms with E-state index >= 15 is 0 Å². The van der Waals surface area contributed by atoms with Crippen molar-refractivity contribution in [2.45, 2.75) is 6.92 Å². The molecule has 1 aromatic heterocycles. The highest BCUT2D eigenvalue weighted by atomic mass is 16.5. The smallest absolute Gasteiger partial charge is 0.356 e. The first-order valence-corrected chi connectivity index (χ1v) is 8.82. The summed E-state index contributed by atoms with van der Waals surface area (Å²) in [7, 11) is 1.24. The zero-order valence-electron chi connectivity index (χ0n) is 15.7. The molecule has 0 aliphatic carbocycles. The lowest BCUT2D eigenvalue weighted by Gasteiger charge is -2.35. The molecule has 148 valence electrons. The number of methoxy groups -OCH3 is 1. The number of esters is 1. The average molecular weight is 386 g/mol. The molecule has 1 aliphatic rings. The molecule has 28 heavy (non-hydrogen) atoms. The first kappa shape index (κ1) is 19.3. The maximum atomic E-state index is 12.5.